The van der Waals surface area contributed by atoms with Gasteiger partial charge in [0.2, 0.25) is 5.76 Å². The third-order valence-electron chi connectivity index (χ3n) is 3.46. The molecule has 0 bridgehead atoms. The van der Waals surface area contributed by atoms with Crippen LogP contribution in [0.4, 0.5) is 0 Å². The molecule has 1 unspecified atom stereocenters. The first-order chi connectivity index (χ1) is 8.86. The van der Waals surface area contributed by atoms with Crippen molar-refractivity contribution in [3.63, 3.8) is 0 Å². The van der Waals surface area contributed by atoms with Crippen LogP contribution < -0.4 is 5.73 Å². The molecule has 1 saturated heterocycles. The van der Waals surface area contributed by atoms with Gasteiger partial charge in [-0.05, 0) is 31.5 Å². The Bertz CT molecular complexity index is 492. The van der Waals surface area contributed by atoms with Crippen molar-refractivity contribution < 1.29 is 8.94 Å². The van der Waals surface area contributed by atoms with Gasteiger partial charge in [-0.1, -0.05) is 5.16 Å². The van der Waals surface area contributed by atoms with Crippen molar-refractivity contribution in [2.45, 2.75) is 25.4 Å². The molecule has 1 aliphatic rings. The van der Waals surface area contributed by atoms with E-state index in [1.54, 1.807) is 6.26 Å². The molecule has 0 saturated carbocycles. The molecule has 0 amide bonds. The molecule has 0 aliphatic carbocycles. The molecule has 18 heavy (non-hydrogen) atoms. The number of likely N-dealkylation sites (tertiary alicyclic amines) is 1. The van der Waals surface area contributed by atoms with E-state index in [1.165, 1.54) is 12.8 Å². The normalized spacial score (nSPS) is 20.6. The SMILES string of the molecule is NCC1CCCN1Cc1cc(-c2ccco2)on1. The molecule has 3 heterocycles. The molecule has 3 rings (SSSR count). The highest BCUT2D eigenvalue weighted by atomic mass is 16.5. The predicted octanol–water partition coefficient (Wildman–Crippen LogP) is 1.86. The summed E-state index contributed by atoms with van der Waals surface area (Å²) in [4.78, 5) is 2.36. The summed E-state index contributed by atoms with van der Waals surface area (Å²) in [7, 11) is 0. The molecule has 2 aromatic heterocycles. The van der Waals surface area contributed by atoms with Gasteiger partial charge in [0.1, 0.15) is 0 Å². The summed E-state index contributed by atoms with van der Waals surface area (Å²) in [5.74, 6) is 1.39. The zero-order valence-electron chi connectivity index (χ0n) is 10.2. The second-order valence-corrected chi connectivity index (χ2v) is 4.66. The van der Waals surface area contributed by atoms with E-state index < -0.39 is 0 Å². The van der Waals surface area contributed by atoms with Gasteiger partial charge in [0.25, 0.3) is 0 Å². The highest BCUT2D eigenvalue weighted by molar-refractivity contribution is 5.49. The minimum atomic E-state index is 0.480. The van der Waals surface area contributed by atoms with E-state index in [4.69, 9.17) is 14.7 Å². The molecule has 5 nitrogen and oxygen atoms in total. The van der Waals surface area contributed by atoms with E-state index in [0.717, 1.165) is 18.8 Å². The van der Waals surface area contributed by atoms with Crippen LogP contribution in [-0.2, 0) is 6.54 Å². The molecular weight excluding hydrogens is 230 g/mol. The minimum absolute atomic E-state index is 0.480. The molecule has 2 aromatic rings. The molecule has 1 aliphatic heterocycles. The Labute approximate surface area is 106 Å². The predicted molar refractivity (Wildman–Crippen MR) is 66.7 cm³/mol. The number of aromatic nitrogens is 1. The van der Waals surface area contributed by atoms with E-state index in [0.29, 0.717) is 24.1 Å². The van der Waals surface area contributed by atoms with Gasteiger partial charge >= 0.3 is 0 Å². The van der Waals surface area contributed by atoms with Crippen LogP contribution in [0.2, 0.25) is 0 Å². The number of rotatable bonds is 4. The van der Waals surface area contributed by atoms with Crippen LogP contribution >= 0.6 is 0 Å². The molecule has 0 spiro atoms. The molecule has 1 atom stereocenters. The van der Waals surface area contributed by atoms with E-state index in [9.17, 15) is 0 Å². The number of hydrogen-bond donors (Lipinski definition) is 1. The maximum absolute atomic E-state index is 5.76. The number of furan rings is 1. The second-order valence-electron chi connectivity index (χ2n) is 4.66. The van der Waals surface area contributed by atoms with Crippen LogP contribution in [0.5, 0.6) is 0 Å². The van der Waals surface area contributed by atoms with Crippen LogP contribution in [-0.4, -0.2) is 29.2 Å². The first-order valence-corrected chi connectivity index (χ1v) is 6.30. The summed E-state index contributed by atoms with van der Waals surface area (Å²) in [6, 6.07) is 6.12. The highest BCUT2D eigenvalue weighted by Crippen LogP contribution is 2.23. The van der Waals surface area contributed by atoms with Crippen LogP contribution in [0.1, 0.15) is 18.5 Å². The van der Waals surface area contributed by atoms with Crippen molar-refractivity contribution in [3.8, 4) is 11.5 Å². The van der Waals surface area contributed by atoms with Gasteiger partial charge in [0, 0.05) is 25.2 Å². The lowest BCUT2D eigenvalue weighted by molar-refractivity contribution is 0.242. The summed E-state index contributed by atoms with van der Waals surface area (Å²) in [6.45, 7) is 2.60. The summed E-state index contributed by atoms with van der Waals surface area (Å²) >= 11 is 0. The van der Waals surface area contributed by atoms with Gasteiger partial charge < -0.3 is 14.7 Å². The molecule has 5 heteroatoms. The second kappa shape index (κ2) is 4.96. The largest absolute Gasteiger partial charge is 0.461 e. The molecular formula is C13H17N3O2. The Kier molecular flexibility index (Phi) is 3.17. The zero-order chi connectivity index (χ0) is 12.4. The Morgan fingerprint density at radius 1 is 1.44 bits per heavy atom. The lowest BCUT2D eigenvalue weighted by atomic mass is 10.2. The number of nitrogens with two attached hydrogens (primary N) is 1. The van der Waals surface area contributed by atoms with Gasteiger partial charge in [0.05, 0.1) is 12.0 Å². The Hall–Kier alpha value is -1.59. The molecule has 2 N–H and O–H groups in total. The summed E-state index contributed by atoms with van der Waals surface area (Å²) < 4.78 is 10.6. The molecule has 0 aromatic carbocycles. The lowest BCUT2D eigenvalue weighted by Crippen LogP contribution is -2.34. The fraction of sp³-hybridized carbons (Fsp3) is 0.462. The summed E-state index contributed by atoms with van der Waals surface area (Å²) in [5, 5.41) is 4.09. The van der Waals surface area contributed by atoms with Crippen molar-refractivity contribution in [1.29, 1.82) is 0 Å². The number of hydrogen-bond acceptors (Lipinski definition) is 5. The topological polar surface area (TPSA) is 68.4 Å². The number of nitrogens with zero attached hydrogens (tertiary/aromatic N) is 2. The molecule has 1 fully saturated rings. The average Bonchev–Trinajstić information content (AvgIpc) is 3.10. The van der Waals surface area contributed by atoms with E-state index >= 15 is 0 Å². The van der Waals surface area contributed by atoms with Crippen LogP contribution in [0, 0.1) is 0 Å². The van der Waals surface area contributed by atoms with Crippen molar-refractivity contribution >= 4 is 0 Å². The quantitative estimate of drug-likeness (QED) is 0.893. The smallest absolute Gasteiger partial charge is 0.202 e. The lowest BCUT2D eigenvalue weighted by Gasteiger charge is -2.21. The van der Waals surface area contributed by atoms with Crippen LogP contribution in [0.3, 0.4) is 0 Å². The van der Waals surface area contributed by atoms with Crippen molar-refractivity contribution in [1.82, 2.24) is 10.1 Å². The standard InChI is InChI=1S/C13H17N3O2/c14-8-11-3-1-5-16(11)9-10-7-13(18-15-10)12-4-2-6-17-12/h2,4,6-7,11H,1,3,5,8-9,14H2. The van der Waals surface area contributed by atoms with Crippen LogP contribution in [0.25, 0.3) is 11.5 Å². The minimum Gasteiger partial charge on any atom is -0.461 e. The van der Waals surface area contributed by atoms with Gasteiger partial charge in [-0.3, -0.25) is 4.90 Å². The Balaban J connectivity index is 1.70. The molecule has 0 radical (unpaired) electrons. The first-order valence-electron chi connectivity index (χ1n) is 6.30. The van der Waals surface area contributed by atoms with Gasteiger partial charge in [-0.25, -0.2) is 0 Å². The van der Waals surface area contributed by atoms with Crippen molar-refractivity contribution in [3.05, 3.63) is 30.2 Å². The van der Waals surface area contributed by atoms with Crippen molar-refractivity contribution in [2.75, 3.05) is 13.1 Å². The monoisotopic (exact) mass is 247 g/mol. The maximum Gasteiger partial charge on any atom is 0.202 e. The molecule has 96 valence electrons. The van der Waals surface area contributed by atoms with E-state index in [1.807, 2.05) is 18.2 Å². The third-order valence-corrected chi connectivity index (χ3v) is 3.46. The van der Waals surface area contributed by atoms with Gasteiger partial charge in [-0.15, -0.1) is 0 Å². The maximum atomic E-state index is 5.76. The summed E-state index contributed by atoms with van der Waals surface area (Å²) in [5.41, 5.74) is 6.69. The average molecular weight is 247 g/mol. The Morgan fingerprint density at radius 2 is 2.39 bits per heavy atom. The van der Waals surface area contributed by atoms with E-state index in [-0.39, 0.29) is 0 Å². The summed E-state index contributed by atoms with van der Waals surface area (Å²) in [6.07, 6.45) is 4.02. The van der Waals surface area contributed by atoms with Crippen LogP contribution in [0.15, 0.2) is 33.4 Å². The van der Waals surface area contributed by atoms with E-state index in [2.05, 4.69) is 10.1 Å². The highest BCUT2D eigenvalue weighted by Gasteiger charge is 2.24. The van der Waals surface area contributed by atoms with Gasteiger partial charge in [-0.2, -0.15) is 0 Å². The Morgan fingerprint density at radius 3 is 3.17 bits per heavy atom. The van der Waals surface area contributed by atoms with Gasteiger partial charge in [0.15, 0.2) is 5.76 Å². The fourth-order valence-corrected chi connectivity index (χ4v) is 2.50. The fourth-order valence-electron chi connectivity index (χ4n) is 2.50. The first kappa shape index (κ1) is 11.5. The van der Waals surface area contributed by atoms with Crippen molar-refractivity contribution in [2.24, 2.45) is 5.73 Å². The zero-order valence-corrected chi connectivity index (χ0v) is 10.2. The third kappa shape index (κ3) is 2.19.